The highest BCUT2D eigenvalue weighted by Crippen LogP contribution is 2.39. The first kappa shape index (κ1) is 24.1. The molecule has 0 aliphatic rings. The van der Waals surface area contributed by atoms with Crippen LogP contribution in [0, 0.1) is 0 Å². The maximum Gasteiger partial charge on any atom is 0.331 e. The van der Waals surface area contributed by atoms with Crippen LogP contribution in [0.4, 0.5) is 0 Å². The SMILES string of the molecule is CCOC(=O)C(CCCCCC(=O)NOC(=O)CC)(c1ccccc1)c1ccccc1. The van der Waals surface area contributed by atoms with Crippen LogP contribution in [0.3, 0.4) is 0 Å². The molecule has 0 aliphatic heterocycles. The number of rotatable bonds is 11. The molecule has 2 rings (SSSR count). The number of esters is 1. The van der Waals surface area contributed by atoms with Gasteiger partial charge in [0, 0.05) is 12.8 Å². The monoisotopic (exact) mass is 425 g/mol. The summed E-state index contributed by atoms with van der Waals surface area (Å²) in [6, 6.07) is 19.4. The number of carbonyl (C=O) groups excluding carboxylic acids is 3. The van der Waals surface area contributed by atoms with E-state index in [2.05, 4.69) is 10.3 Å². The molecule has 0 radical (unpaired) electrons. The van der Waals surface area contributed by atoms with E-state index in [1.807, 2.05) is 67.6 Å². The number of ether oxygens (including phenoxy) is 1. The summed E-state index contributed by atoms with van der Waals surface area (Å²) in [6.45, 7) is 3.77. The summed E-state index contributed by atoms with van der Waals surface area (Å²) >= 11 is 0. The molecular formula is C25H31NO5. The number of benzene rings is 2. The van der Waals surface area contributed by atoms with E-state index < -0.39 is 11.4 Å². The summed E-state index contributed by atoms with van der Waals surface area (Å²) in [4.78, 5) is 40.8. The molecule has 0 aliphatic carbocycles. The normalized spacial score (nSPS) is 10.9. The molecular weight excluding hydrogens is 394 g/mol. The van der Waals surface area contributed by atoms with Gasteiger partial charge in [0.1, 0.15) is 5.41 Å². The largest absolute Gasteiger partial charge is 0.465 e. The van der Waals surface area contributed by atoms with Crippen LogP contribution < -0.4 is 5.48 Å². The third-order valence-electron chi connectivity index (χ3n) is 5.18. The van der Waals surface area contributed by atoms with Crippen LogP contribution >= 0.6 is 0 Å². The molecule has 0 heterocycles. The van der Waals surface area contributed by atoms with E-state index in [0.29, 0.717) is 19.4 Å². The summed E-state index contributed by atoms with van der Waals surface area (Å²) in [7, 11) is 0. The van der Waals surface area contributed by atoms with Crippen molar-refractivity contribution in [3.05, 3.63) is 71.8 Å². The Morgan fingerprint density at radius 1 is 0.839 bits per heavy atom. The van der Waals surface area contributed by atoms with Gasteiger partial charge < -0.3 is 9.57 Å². The Hall–Kier alpha value is -3.15. The van der Waals surface area contributed by atoms with Gasteiger partial charge in [-0.25, -0.2) is 4.79 Å². The predicted molar refractivity (Wildman–Crippen MR) is 118 cm³/mol. The first-order valence-corrected chi connectivity index (χ1v) is 10.8. The van der Waals surface area contributed by atoms with Crippen molar-refractivity contribution in [2.45, 2.75) is 57.8 Å². The second kappa shape index (κ2) is 12.5. The average molecular weight is 426 g/mol. The van der Waals surface area contributed by atoms with Crippen LogP contribution in [0.5, 0.6) is 0 Å². The van der Waals surface area contributed by atoms with E-state index in [0.717, 1.165) is 24.0 Å². The van der Waals surface area contributed by atoms with Gasteiger partial charge in [-0.1, -0.05) is 80.4 Å². The van der Waals surface area contributed by atoms with Crippen LogP contribution in [0.2, 0.25) is 0 Å². The lowest BCUT2D eigenvalue weighted by Crippen LogP contribution is -2.39. The molecule has 0 saturated heterocycles. The Labute approximate surface area is 183 Å². The Bertz CT molecular complexity index is 796. The minimum atomic E-state index is -0.905. The highest BCUT2D eigenvalue weighted by atomic mass is 16.7. The third kappa shape index (κ3) is 6.67. The first-order valence-electron chi connectivity index (χ1n) is 10.8. The van der Waals surface area contributed by atoms with E-state index in [1.165, 1.54) is 0 Å². The number of unbranched alkanes of at least 4 members (excludes halogenated alkanes) is 2. The Morgan fingerprint density at radius 3 is 1.94 bits per heavy atom. The zero-order valence-corrected chi connectivity index (χ0v) is 18.3. The molecule has 0 bridgehead atoms. The second-order valence-corrected chi connectivity index (χ2v) is 7.27. The summed E-state index contributed by atoms with van der Waals surface area (Å²) in [6.07, 6.45) is 3.11. The molecule has 2 aromatic carbocycles. The highest BCUT2D eigenvalue weighted by molar-refractivity contribution is 5.87. The fourth-order valence-electron chi connectivity index (χ4n) is 3.58. The summed E-state index contributed by atoms with van der Waals surface area (Å²) < 4.78 is 5.52. The van der Waals surface area contributed by atoms with E-state index in [-0.39, 0.29) is 24.7 Å². The molecule has 31 heavy (non-hydrogen) atoms. The molecule has 1 amide bonds. The molecule has 0 saturated carbocycles. The van der Waals surface area contributed by atoms with Crippen LogP contribution in [0.25, 0.3) is 0 Å². The van der Waals surface area contributed by atoms with Crippen LogP contribution in [-0.4, -0.2) is 24.5 Å². The first-order chi connectivity index (χ1) is 15.0. The number of hydrogen-bond donors (Lipinski definition) is 1. The van der Waals surface area contributed by atoms with E-state index in [1.54, 1.807) is 6.92 Å². The Kier molecular flexibility index (Phi) is 9.75. The van der Waals surface area contributed by atoms with Gasteiger partial charge in [0.25, 0.3) is 5.91 Å². The molecule has 1 N–H and O–H groups in total. The van der Waals surface area contributed by atoms with Crippen molar-refractivity contribution in [2.24, 2.45) is 0 Å². The summed E-state index contributed by atoms with van der Waals surface area (Å²) in [5, 5.41) is 0. The molecule has 0 fully saturated rings. The summed E-state index contributed by atoms with van der Waals surface area (Å²) in [5.41, 5.74) is 3.04. The molecule has 0 atom stereocenters. The lowest BCUT2D eigenvalue weighted by Gasteiger charge is -2.33. The summed E-state index contributed by atoms with van der Waals surface area (Å²) in [5.74, 6) is -1.07. The topological polar surface area (TPSA) is 81.7 Å². The average Bonchev–Trinajstić information content (AvgIpc) is 2.81. The zero-order valence-electron chi connectivity index (χ0n) is 18.3. The van der Waals surface area contributed by atoms with Crippen molar-refractivity contribution in [1.82, 2.24) is 5.48 Å². The molecule has 6 nitrogen and oxygen atoms in total. The van der Waals surface area contributed by atoms with Crippen molar-refractivity contribution >= 4 is 17.8 Å². The van der Waals surface area contributed by atoms with Gasteiger partial charge in [-0.2, -0.15) is 5.48 Å². The highest BCUT2D eigenvalue weighted by Gasteiger charge is 2.42. The molecule has 166 valence electrons. The van der Waals surface area contributed by atoms with Crippen LogP contribution in [-0.2, 0) is 29.4 Å². The van der Waals surface area contributed by atoms with E-state index in [9.17, 15) is 14.4 Å². The van der Waals surface area contributed by atoms with Crippen molar-refractivity contribution in [2.75, 3.05) is 6.61 Å². The van der Waals surface area contributed by atoms with Gasteiger partial charge in [0.15, 0.2) is 0 Å². The quantitative estimate of drug-likeness (QED) is 0.326. The van der Waals surface area contributed by atoms with Gasteiger partial charge in [-0.3, -0.25) is 9.59 Å². The van der Waals surface area contributed by atoms with Gasteiger partial charge in [-0.15, -0.1) is 0 Å². The smallest absolute Gasteiger partial charge is 0.331 e. The maximum absolute atomic E-state index is 13.3. The van der Waals surface area contributed by atoms with Gasteiger partial charge in [0.2, 0.25) is 0 Å². The lowest BCUT2D eigenvalue weighted by atomic mass is 9.71. The second-order valence-electron chi connectivity index (χ2n) is 7.27. The fraction of sp³-hybridized carbons (Fsp3) is 0.400. The fourth-order valence-corrected chi connectivity index (χ4v) is 3.58. The predicted octanol–water partition coefficient (Wildman–Crippen LogP) is 4.47. The van der Waals surface area contributed by atoms with Crippen LogP contribution in [0.1, 0.15) is 63.5 Å². The molecule has 2 aromatic rings. The van der Waals surface area contributed by atoms with Crippen molar-refractivity contribution in [3.8, 4) is 0 Å². The van der Waals surface area contributed by atoms with Gasteiger partial charge in [0.05, 0.1) is 6.61 Å². The lowest BCUT2D eigenvalue weighted by molar-refractivity contribution is -0.158. The molecule has 6 heteroatoms. The maximum atomic E-state index is 13.3. The Balaban J connectivity index is 2.10. The van der Waals surface area contributed by atoms with E-state index in [4.69, 9.17) is 4.74 Å². The number of hydrogen-bond acceptors (Lipinski definition) is 5. The van der Waals surface area contributed by atoms with Crippen molar-refractivity contribution in [3.63, 3.8) is 0 Å². The van der Waals surface area contributed by atoms with Gasteiger partial charge in [-0.05, 0) is 30.9 Å². The third-order valence-corrected chi connectivity index (χ3v) is 5.18. The van der Waals surface area contributed by atoms with E-state index >= 15 is 0 Å². The minimum absolute atomic E-state index is 0.204. The zero-order chi connectivity index (χ0) is 22.5. The van der Waals surface area contributed by atoms with Crippen LogP contribution in [0.15, 0.2) is 60.7 Å². The van der Waals surface area contributed by atoms with Crippen molar-refractivity contribution < 1.29 is 24.0 Å². The standard InChI is InChI=1S/C25H31NO5/c1-3-23(28)31-26-22(27)18-12-7-13-19-25(24(29)30-4-2,20-14-8-5-9-15-20)21-16-10-6-11-17-21/h5-6,8-11,14-17H,3-4,7,12-13,18-19H2,1-2H3,(H,26,27). The number of amides is 1. The Morgan fingerprint density at radius 2 is 1.42 bits per heavy atom. The number of hydroxylamine groups is 1. The van der Waals surface area contributed by atoms with Gasteiger partial charge >= 0.3 is 11.9 Å². The molecule has 0 aromatic heterocycles. The van der Waals surface area contributed by atoms with Crippen molar-refractivity contribution in [1.29, 1.82) is 0 Å². The number of carbonyl (C=O) groups is 3. The molecule has 0 unspecified atom stereocenters. The molecule has 0 spiro atoms. The minimum Gasteiger partial charge on any atom is -0.465 e. The number of nitrogens with one attached hydrogen (secondary N) is 1.